The maximum atomic E-state index is 13.4. The molecule has 1 amide bonds. The van der Waals surface area contributed by atoms with E-state index in [0.717, 1.165) is 23.7 Å². The molecular formula is C24H23ClN4O2S. The smallest absolute Gasteiger partial charge is 0.259 e. The Hall–Kier alpha value is -2.90. The Kier molecular flexibility index (Phi) is 5.39. The Bertz CT molecular complexity index is 1320. The summed E-state index contributed by atoms with van der Waals surface area (Å²) in [5.74, 6) is 0.429. The molecule has 0 aliphatic carbocycles. The van der Waals surface area contributed by atoms with E-state index in [4.69, 9.17) is 21.1 Å². The number of carbonyl (C=O) groups is 1. The summed E-state index contributed by atoms with van der Waals surface area (Å²) in [4.78, 5) is 22.4. The van der Waals surface area contributed by atoms with Crippen molar-refractivity contribution in [1.29, 1.82) is 0 Å². The molecule has 0 spiro atoms. The highest BCUT2D eigenvalue weighted by Gasteiger charge is 2.30. The predicted octanol–water partition coefficient (Wildman–Crippen LogP) is 5.49. The van der Waals surface area contributed by atoms with Gasteiger partial charge in [0.2, 0.25) is 0 Å². The van der Waals surface area contributed by atoms with Crippen LogP contribution in [0.5, 0.6) is 0 Å². The first-order valence-electron chi connectivity index (χ1n) is 10.6. The summed E-state index contributed by atoms with van der Waals surface area (Å²) in [5.41, 5.74) is 5.21. The lowest BCUT2D eigenvalue weighted by molar-refractivity contribution is 0.0745. The summed E-state index contributed by atoms with van der Waals surface area (Å²) in [6.45, 7) is 8.68. The molecule has 1 aliphatic heterocycles. The number of fused-ring (bicyclic) bond motifs is 1. The monoisotopic (exact) mass is 466 g/mol. The highest BCUT2D eigenvalue weighted by molar-refractivity contribution is 7.22. The van der Waals surface area contributed by atoms with Crippen molar-refractivity contribution in [3.8, 4) is 11.3 Å². The van der Waals surface area contributed by atoms with E-state index in [2.05, 4.69) is 36.0 Å². The molecule has 0 radical (unpaired) electrons. The van der Waals surface area contributed by atoms with Gasteiger partial charge >= 0.3 is 0 Å². The van der Waals surface area contributed by atoms with E-state index in [1.165, 1.54) is 15.8 Å². The van der Waals surface area contributed by atoms with Gasteiger partial charge in [0.05, 0.1) is 15.2 Å². The van der Waals surface area contributed by atoms with Gasteiger partial charge in [-0.2, -0.15) is 0 Å². The number of halogens is 1. The minimum Gasteiger partial charge on any atom is -0.360 e. The Morgan fingerprint density at radius 3 is 2.59 bits per heavy atom. The van der Waals surface area contributed by atoms with Gasteiger partial charge in [0.1, 0.15) is 17.0 Å². The molecule has 6 nitrogen and oxygen atoms in total. The maximum Gasteiger partial charge on any atom is 0.259 e. The quantitative estimate of drug-likeness (QED) is 0.399. The van der Waals surface area contributed by atoms with Crippen molar-refractivity contribution in [1.82, 2.24) is 15.0 Å². The molecule has 2 aromatic heterocycles. The van der Waals surface area contributed by atoms with E-state index in [0.29, 0.717) is 40.7 Å². The molecule has 1 aliphatic rings. The van der Waals surface area contributed by atoms with E-state index >= 15 is 0 Å². The number of hydrogen-bond acceptors (Lipinski definition) is 6. The van der Waals surface area contributed by atoms with E-state index in [1.54, 1.807) is 24.3 Å². The molecule has 0 unspecified atom stereocenters. The van der Waals surface area contributed by atoms with Crippen LogP contribution in [0.2, 0.25) is 5.02 Å². The van der Waals surface area contributed by atoms with Gasteiger partial charge in [0.25, 0.3) is 5.91 Å². The summed E-state index contributed by atoms with van der Waals surface area (Å²) in [6, 6.07) is 11.7. The zero-order chi connectivity index (χ0) is 22.4. The number of hydrogen-bond donors (Lipinski definition) is 0. The average molecular weight is 467 g/mol. The summed E-state index contributed by atoms with van der Waals surface area (Å²) in [6.07, 6.45) is 0. The van der Waals surface area contributed by atoms with Crippen LogP contribution in [0.1, 0.15) is 27.2 Å². The Balaban J connectivity index is 1.35. The van der Waals surface area contributed by atoms with Crippen LogP contribution in [-0.2, 0) is 0 Å². The van der Waals surface area contributed by atoms with Gasteiger partial charge in [0.15, 0.2) is 5.13 Å². The highest BCUT2D eigenvalue weighted by atomic mass is 35.5. The highest BCUT2D eigenvalue weighted by Crippen LogP contribution is 2.34. The number of thiazole rings is 1. The number of anilines is 1. The minimum atomic E-state index is -0.0749. The fourth-order valence-electron chi connectivity index (χ4n) is 4.22. The lowest BCUT2D eigenvalue weighted by Gasteiger charge is -2.34. The van der Waals surface area contributed by atoms with Crippen molar-refractivity contribution in [2.45, 2.75) is 20.8 Å². The van der Waals surface area contributed by atoms with Crippen molar-refractivity contribution in [3.63, 3.8) is 0 Å². The Morgan fingerprint density at radius 1 is 1.09 bits per heavy atom. The van der Waals surface area contributed by atoms with Crippen molar-refractivity contribution in [2.75, 3.05) is 31.1 Å². The number of aryl methyl sites for hydroxylation is 3. The maximum absolute atomic E-state index is 13.4. The van der Waals surface area contributed by atoms with Crippen LogP contribution in [0.3, 0.4) is 0 Å². The standard InChI is InChI=1S/C24H23ClN4O2S/c1-14-12-15(2)22-19(13-14)26-24(32-22)29-10-8-28(9-11-29)23(30)20-16(3)31-27-21(20)17-6-4-5-7-18(17)25/h4-7,12-13H,8-11H2,1-3H3. The lowest BCUT2D eigenvalue weighted by Crippen LogP contribution is -2.49. The Labute approximate surface area is 195 Å². The molecule has 4 aromatic rings. The lowest BCUT2D eigenvalue weighted by atomic mass is 10.0. The number of nitrogens with zero attached hydrogens (tertiary/aromatic N) is 4. The fraction of sp³-hybridized carbons (Fsp3) is 0.292. The molecule has 2 aromatic carbocycles. The summed E-state index contributed by atoms with van der Waals surface area (Å²) < 4.78 is 6.62. The van der Waals surface area contributed by atoms with Crippen molar-refractivity contribution < 1.29 is 9.32 Å². The zero-order valence-corrected chi connectivity index (χ0v) is 19.8. The first kappa shape index (κ1) is 21.0. The van der Waals surface area contributed by atoms with Crippen molar-refractivity contribution in [2.24, 2.45) is 0 Å². The summed E-state index contributed by atoms with van der Waals surface area (Å²) in [5, 5.41) is 5.69. The third-order valence-corrected chi connectivity index (χ3v) is 7.45. The molecule has 32 heavy (non-hydrogen) atoms. The van der Waals surface area contributed by atoms with Gasteiger partial charge in [0, 0.05) is 31.7 Å². The average Bonchev–Trinajstić information content (AvgIpc) is 3.37. The van der Waals surface area contributed by atoms with E-state index in [-0.39, 0.29) is 5.91 Å². The molecule has 5 rings (SSSR count). The third-order valence-electron chi connectivity index (χ3n) is 5.85. The van der Waals surface area contributed by atoms with Crippen LogP contribution in [-0.4, -0.2) is 47.1 Å². The van der Waals surface area contributed by atoms with Crippen molar-refractivity contribution >= 4 is 44.2 Å². The SMILES string of the molecule is Cc1cc(C)c2sc(N3CCN(C(=O)c4c(-c5ccccc5Cl)noc4C)CC3)nc2c1. The number of benzene rings is 2. The second-order valence-corrected chi connectivity index (χ2v) is 9.53. The van der Waals surface area contributed by atoms with Gasteiger partial charge in [-0.3, -0.25) is 4.79 Å². The largest absolute Gasteiger partial charge is 0.360 e. The predicted molar refractivity (Wildman–Crippen MR) is 129 cm³/mol. The van der Waals surface area contributed by atoms with E-state index in [9.17, 15) is 4.79 Å². The van der Waals surface area contributed by atoms with E-state index < -0.39 is 0 Å². The molecule has 0 N–H and O–H groups in total. The molecule has 1 saturated heterocycles. The van der Waals surface area contributed by atoms with Gasteiger partial charge in [-0.1, -0.05) is 52.4 Å². The summed E-state index contributed by atoms with van der Waals surface area (Å²) in [7, 11) is 0. The van der Waals surface area contributed by atoms with Gasteiger partial charge in [-0.25, -0.2) is 4.98 Å². The van der Waals surface area contributed by atoms with Crippen LogP contribution in [0.25, 0.3) is 21.5 Å². The number of aromatic nitrogens is 2. The molecule has 1 fully saturated rings. The summed E-state index contributed by atoms with van der Waals surface area (Å²) >= 11 is 8.07. The van der Waals surface area contributed by atoms with E-state index in [1.807, 2.05) is 23.1 Å². The number of amides is 1. The first-order valence-corrected chi connectivity index (χ1v) is 11.7. The third kappa shape index (κ3) is 3.65. The second kappa shape index (κ2) is 8.22. The van der Waals surface area contributed by atoms with Gasteiger partial charge in [-0.15, -0.1) is 0 Å². The Morgan fingerprint density at radius 2 is 1.84 bits per heavy atom. The molecule has 0 atom stereocenters. The van der Waals surface area contributed by atoms with Crippen molar-refractivity contribution in [3.05, 3.63) is 63.9 Å². The van der Waals surface area contributed by atoms with Crippen LogP contribution >= 0.6 is 22.9 Å². The zero-order valence-electron chi connectivity index (χ0n) is 18.2. The van der Waals surface area contributed by atoms with Crippen LogP contribution in [0, 0.1) is 20.8 Å². The van der Waals surface area contributed by atoms with Crippen LogP contribution in [0.4, 0.5) is 5.13 Å². The van der Waals surface area contributed by atoms with Crippen LogP contribution < -0.4 is 4.90 Å². The molecule has 3 heterocycles. The molecule has 164 valence electrons. The number of piperazine rings is 1. The fourth-order valence-corrected chi connectivity index (χ4v) is 5.51. The topological polar surface area (TPSA) is 62.5 Å². The molecule has 8 heteroatoms. The van der Waals surface area contributed by atoms with Gasteiger partial charge in [-0.05, 0) is 44.0 Å². The normalized spacial score (nSPS) is 14.4. The minimum absolute atomic E-state index is 0.0749. The molecule has 0 bridgehead atoms. The first-order chi connectivity index (χ1) is 15.4. The number of rotatable bonds is 3. The molecule has 0 saturated carbocycles. The number of carbonyl (C=O) groups excluding carboxylic acids is 1. The second-order valence-electron chi connectivity index (χ2n) is 8.15. The van der Waals surface area contributed by atoms with Gasteiger partial charge < -0.3 is 14.3 Å². The molecular weight excluding hydrogens is 444 g/mol. The van der Waals surface area contributed by atoms with Crippen LogP contribution in [0.15, 0.2) is 40.9 Å².